The molecule has 7 heteroatoms. The number of nitrogens with one attached hydrogen (secondary N) is 1. The third kappa shape index (κ3) is 3.71. The van der Waals surface area contributed by atoms with Crippen molar-refractivity contribution >= 4 is 11.8 Å². The summed E-state index contributed by atoms with van der Waals surface area (Å²) in [5.41, 5.74) is 0. The average molecular weight is 319 g/mol. The highest BCUT2D eigenvalue weighted by Crippen LogP contribution is 2.30. The molecule has 2 aliphatic rings. The van der Waals surface area contributed by atoms with Crippen LogP contribution >= 0.6 is 0 Å². The van der Waals surface area contributed by atoms with Crippen LogP contribution in [0.25, 0.3) is 0 Å². The van der Waals surface area contributed by atoms with E-state index in [1.807, 2.05) is 9.58 Å². The lowest BCUT2D eigenvalue weighted by Crippen LogP contribution is -2.53. The Balaban J connectivity index is 1.69. The molecule has 1 aromatic rings. The summed E-state index contributed by atoms with van der Waals surface area (Å²) in [5.74, 6) is 0.218. The van der Waals surface area contributed by atoms with Crippen LogP contribution in [0.4, 0.5) is 0 Å². The van der Waals surface area contributed by atoms with E-state index in [4.69, 9.17) is 0 Å². The maximum absolute atomic E-state index is 13.0. The zero-order chi connectivity index (χ0) is 16.2. The SMILES string of the molecule is CC(=O)N[C@H](C(=O)N1CCC[C@@H](n2cncn2)C1)C1CCCC1. The van der Waals surface area contributed by atoms with Gasteiger partial charge in [0.2, 0.25) is 11.8 Å². The summed E-state index contributed by atoms with van der Waals surface area (Å²) in [4.78, 5) is 30.4. The van der Waals surface area contributed by atoms with Gasteiger partial charge in [0.05, 0.1) is 6.04 Å². The van der Waals surface area contributed by atoms with E-state index >= 15 is 0 Å². The Morgan fingerprint density at radius 2 is 2.00 bits per heavy atom. The molecule has 0 radical (unpaired) electrons. The van der Waals surface area contributed by atoms with Crippen LogP contribution in [0.1, 0.15) is 51.5 Å². The van der Waals surface area contributed by atoms with Crippen LogP contribution < -0.4 is 5.32 Å². The summed E-state index contributed by atoms with van der Waals surface area (Å²) in [5, 5.41) is 7.11. The number of carbonyl (C=O) groups excluding carboxylic acids is 2. The number of hydrogen-bond acceptors (Lipinski definition) is 4. The van der Waals surface area contributed by atoms with Gasteiger partial charge in [-0.15, -0.1) is 0 Å². The molecule has 1 aromatic heterocycles. The first-order chi connectivity index (χ1) is 11.1. The van der Waals surface area contributed by atoms with E-state index in [2.05, 4.69) is 15.4 Å². The Kier molecular flexibility index (Phi) is 4.93. The molecule has 0 unspecified atom stereocenters. The molecule has 0 bridgehead atoms. The first kappa shape index (κ1) is 16.0. The molecule has 7 nitrogen and oxygen atoms in total. The van der Waals surface area contributed by atoms with Crippen molar-refractivity contribution in [2.45, 2.75) is 57.5 Å². The monoisotopic (exact) mass is 319 g/mol. The highest BCUT2D eigenvalue weighted by atomic mass is 16.2. The van der Waals surface area contributed by atoms with Crippen LogP contribution in [0.2, 0.25) is 0 Å². The number of nitrogens with zero attached hydrogens (tertiary/aromatic N) is 4. The van der Waals surface area contributed by atoms with Crippen molar-refractivity contribution in [3.05, 3.63) is 12.7 Å². The van der Waals surface area contributed by atoms with Gasteiger partial charge in [-0.25, -0.2) is 9.67 Å². The average Bonchev–Trinajstić information content (AvgIpc) is 3.25. The predicted molar refractivity (Wildman–Crippen MR) is 84.4 cm³/mol. The quantitative estimate of drug-likeness (QED) is 0.902. The lowest BCUT2D eigenvalue weighted by atomic mass is 9.95. The minimum absolute atomic E-state index is 0.0666. The summed E-state index contributed by atoms with van der Waals surface area (Å²) in [7, 11) is 0. The van der Waals surface area contributed by atoms with Crippen molar-refractivity contribution in [1.29, 1.82) is 0 Å². The fraction of sp³-hybridized carbons (Fsp3) is 0.750. The van der Waals surface area contributed by atoms with E-state index in [9.17, 15) is 9.59 Å². The normalized spacial score (nSPS) is 23.7. The Bertz CT molecular complexity index is 539. The van der Waals surface area contributed by atoms with E-state index in [1.165, 1.54) is 13.3 Å². The molecule has 0 spiro atoms. The third-order valence-electron chi connectivity index (χ3n) is 5.01. The maximum Gasteiger partial charge on any atom is 0.245 e. The van der Waals surface area contributed by atoms with Crippen molar-refractivity contribution in [3.8, 4) is 0 Å². The standard InChI is InChI=1S/C16H25N5O2/c1-12(22)19-15(13-5-2-3-6-13)16(23)20-8-4-7-14(9-20)21-11-17-10-18-21/h10-11,13-15H,2-9H2,1H3,(H,19,22)/t14-,15+/m1/s1. The van der Waals surface area contributed by atoms with Crippen LogP contribution in [0, 0.1) is 5.92 Å². The molecule has 2 amide bonds. The highest BCUT2D eigenvalue weighted by molar-refractivity contribution is 5.87. The van der Waals surface area contributed by atoms with Gasteiger partial charge in [0.25, 0.3) is 0 Å². The van der Waals surface area contributed by atoms with Crippen LogP contribution in [0.15, 0.2) is 12.7 Å². The highest BCUT2D eigenvalue weighted by Gasteiger charge is 2.36. The summed E-state index contributed by atoms with van der Waals surface area (Å²) in [6, 6.07) is -0.193. The number of amides is 2. The molecule has 1 saturated heterocycles. The van der Waals surface area contributed by atoms with Crippen molar-refractivity contribution in [1.82, 2.24) is 25.0 Å². The molecular formula is C16H25N5O2. The number of likely N-dealkylation sites (tertiary alicyclic amines) is 1. The zero-order valence-electron chi connectivity index (χ0n) is 13.6. The first-order valence-corrected chi connectivity index (χ1v) is 8.55. The largest absolute Gasteiger partial charge is 0.344 e. The van der Waals surface area contributed by atoms with Crippen LogP contribution in [0.5, 0.6) is 0 Å². The molecular weight excluding hydrogens is 294 g/mol. The van der Waals surface area contributed by atoms with E-state index in [-0.39, 0.29) is 29.8 Å². The van der Waals surface area contributed by atoms with Gasteiger partial charge in [-0.3, -0.25) is 9.59 Å². The molecule has 2 atom stereocenters. The minimum Gasteiger partial charge on any atom is -0.344 e. The molecule has 1 aliphatic heterocycles. The van der Waals surface area contributed by atoms with Gasteiger partial charge in [-0.1, -0.05) is 12.8 Å². The van der Waals surface area contributed by atoms with Gasteiger partial charge in [-0.05, 0) is 31.6 Å². The maximum atomic E-state index is 13.0. The molecule has 0 aromatic carbocycles. The fourth-order valence-corrected chi connectivity index (χ4v) is 3.86. The lowest BCUT2D eigenvalue weighted by molar-refractivity contribution is -0.139. The molecule has 23 heavy (non-hydrogen) atoms. The molecule has 3 rings (SSSR count). The van der Waals surface area contributed by atoms with E-state index in [0.717, 1.165) is 45.1 Å². The second-order valence-corrected chi connectivity index (χ2v) is 6.68. The molecule has 1 aliphatic carbocycles. The summed E-state index contributed by atoms with van der Waals surface area (Å²) in [6.07, 6.45) is 9.54. The summed E-state index contributed by atoms with van der Waals surface area (Å²) in [6.45, 7) is 2.89. The topological polar surface area (TPSA) is 80.1 Å². The van der Waals surface area contributed by atoms with E-state index in [1.54, 1.807) is 6.33 Å². The summed E-state index contributed by atoms with van der Waals surface area (Å²) >= 11 is 0. The van der Waals surface area contributed by atoms with Gasteiger partial charge < -0.3 is 10.2 Å². The third-order valence-corrected chi connectivity index (χ3v) is 5.01. The van der Waals surface area contributed by atoms with Gasteiger partial charge >= 0.3 is 0 Å². The van der Waals surface area contributed by atoms with Crippen LogP contribution in [-0.4, -0.2) is 50.6 Å². The lowest BCUT2D eigenvalue weighted by Gasteiger charge is -2.36. The molecule has 1 N–H and O–H groups in total. The number of aromatic nitrogens is 3. The zero-order valence-corrected chi connectivity index (χ0v) is 13.6. The van der Waals surface area contributed by atoms with Gasteiger partial charge in [-0.2, -0.15) is 5.10 Å². The fourth-order valence-electron chi connectivity index (χ4n) is 3.86. The van der Waals surface area contributed by atoms with Gasteiger partial charge in [0.1, 0.15) is 18.7 Å². The van der Waals surface area contributed by atoms with Crippen LogP contribution in [-0.2, 0) is 9.59 Å². The second-order valence-electron chi connectivity index (χ2n) is 6.68. The Hall–Kier alpha value is -1.92. The van der Waals surface area contributed by atoms with Crippen molar-refractivity contribution in [3.63, 3.8) is 0 Å². The number of rotatable bonds is 4. The predicted octanol–water partition coefficient (Wildman–Crippen LogP) is 1.14. The molecule has 1 saturated carbocycles. The second kappa shape index (κ2) is 7.10. The number of piperidine rings is 1. The van der Waals surface area contributed by atoms with Gasteiger partial charge in [0, 0.05) is 20.0 Å². The Morgan fingerprint density at radius 3 is 2.65 bits per heavy atom. The Morgan fingerprint density at radius 1 is 1.22 bits per heavy atom. The molecule has 126 valence electrons. The van der Waals surface area contributed by atoms with Crippen molar-refractivity contribution < 1.29 is 9.59 Å². The molecule has 2 heterocycles. The van der Waals surface area contributed by atoms with Crippen LogP contribution in [0.3, 0.4) is 0 Å². The van der Waals surface area contributed by atoms with Crippen molar-refractivity contribution in [2.24, 2.45) is 5.92 Å². The first-order valence-electron chi connectivity index (χ1n) is 8.55. The van der Waals surface area contributed by atoms with Crippen molar-refractivity contribution in [2.75, 3.05) is 13.1 Å². The van der Waals surface area contributed by atoms with E-state index < -0.39 is 0 Å². The smallest absolute Gasteiger partial charge is 0.245 e. The van der Waals surface area contributed by atoms with E-state index in [0.29, 0.717) is 6.54 Å². The Labute approximate surface area is 136 Å². The minimum atomic E-state index is -0.371. The number of carbonyl (C=O) groups is 2. The summed E-state index contributed by atoms with van der Waals surface area (Å²) < 4.78 is 1.84. The number of hydrogen-bond donors (Lipinski definition) is 1. The van der Waals surface area contributed by atoms with Gasteiger partial charge in [0.15, 0.2) is 0 Å². The molecule has 2 fully saturated rings.